The first-order valence-electron chi connectivity index (χ1n) is 13.6. The van der Waals surface area contributed by atoms with E-state index >= 15 is 0 Å². The minimum absolute atomic E-state index is 0.726. The zero-order chi connectivity index (χ0) is 29.8. The van der Waals surface area contributed by atoms with Gasteiger partial charge in [0.1, 0.15) is 16.8 Å². The molecular weight excluding hydrogens is 487 g/mol. The van der Waals surface area contributed by atoms with Gasteiger partial charge in [0.05, 0.1) is 0 Å². The number of terminal acetylenes is 3. The van der Waals surface area contributed by atoms with E-state index < -0.39 is 25.4 Å². The second-order valence-electron chi connectivity index (χ2n) is 9.95. The molecule has 0 aromatic carbocycles. The van der Waals surface area contributed by atoms with Gasteiger partial charge in [0, 0.05) is 0 Å². The van der Waals surface area contributed by atoms with Gasteiger partial charge >= 0.3 is 8.60 Å². The van der Waals surface area contributed by atoms with Gasteiger partial charge in [0.2, 0.25) is 0 Å². The SMILES string of the molecule is C#CC(C)(O)CCCCCC.C#CC(C)(O)CCCCCC.C#CC(C)(O)CCCCCC.OP(O)O. The van der Waals surface area contributed by atoms with E-state index in [1.54, 1.807) is 20.8 Å². The van der Waals surface area contributed by atoms with E-state index in [9.17, 15) is 15.3 Å². The molecule has 0 saturated carbocycles. The molecule has 3 unspecified atom stereocenters. The molecule has 6 nitrogen and oxygen atoms in total. The number of hydrogen-bond donors (Lipinski definition) is 6. The summed E-state index contributed by atoms with van der Waals surface area (Å²) in [6.07, 6.45) is 31.5. The Bertz CT molecular complexity index is 525. The Morgan fingerprint density at radius 3 is 0.811 bits per heavy atom. The van der Waals surface area contributed by atoms with Gasteiger partial charge in [-0.25, -0.2) is 0 Å². The summed E-state index contributed by atoms with van der Waals surface area (Å²) in [5.41, 5.74) is -2.64. The largest absolute Gasteiger partial charge is 0.378 e. The average Bonchev–Trinajstić information content (AvgIpc) is 2.83. The molecule has 0 rings (SSSR count). The van der Waals surface area contributed by atoms with Crippen LogP contribution in [0.25, 0.3) is 0 Å². The summed E-state index contributed by atoms with van der Waals surface area (Å²) >= 11 is 0. The van der Waals surface area contributed by atoms with Gasteiger partial charge < -0.3 is 30.0 Å². The van der Waals surface area contributed by atoms with Gasteiger partial charge in [-0.2, -0.15) is 0 Å². The van der Waals surface area contributed by atoms with Crippen LogP contribution >= 0.6 is 8.60 Å². The van der Waals surface area contributed by atoms with E-state index in [-0.39, 0.29) is 0 Å². The van der Waals surface area contributed by atoms with Crippen molar-refractivity contribution in [2.45, 2.75) is 155 Å². The van der Waals surface area contributed by atoms with Gasteiger partial charge in [-0.3, -0.25) is 0 Å². The topological polar surface area (TPSA) is 121 Å². The first kappa shape index (κ1) is 42.9. The van der Waals surface area contributed by atoms with Crippen molar-refractivity contribution < 1.29 is 30.0 Å². The second-order valence-corrected chi connectivity index (χ2v) is 10.5. The fourth-order valence-electron chi connectivity index (χ4n) is 2.90. The zero-order valence-corrected chi connectivity index (χ0v) is 25.4. The van der Waals surface area contributed by atoms with Crippen molar-refractivity contribution in [1.82, 2.24) is 0 Å². The molecule has 0 aliphatic rings. The van der Waals surface area contributed by atoms with Gasteiger partial charge in [0.15, 0.2) is 0 Å². The highest BCUT2D eigenvalue weighted by Gasteiger charge is 2.15. The van der Waals surface area contributed by atoms with Crippen molar-refractivity contribution in [3.63, 3.8) is 0 Å². The fraction of sp³-hybridized carbons (Fsp3) is 0.800. The molecule has 6 N–H and O–H groups in total. The molecule has 0 spiro atoms. The number of hydrogen-bond acceptors (Lipinski definition) is 6. The Kier molecular flexibility index (Phi) is 32.4. The van der Waals surface area contributed by atoms with E-state index in [1.165, 1.54) is 57.8 Å². The predicted octanol–water partition coefficient (Wildman–Crippen LogP) is 6.21. The molecule has 0 radical (unpaired) electrons. The summed E-state index contributed by atoms with van der Waals surface area (Å²) in [5, 5.41) is 28.2. The summed E-state index contributed by atoms with van der Waals surface area (Å²) in [6, 6.07) is 0. The molecule has 0 aliphatic carbocycles. The molecule has 0 saturated heterocycles. The lowest BCUT2D eigenvalue weighted by atomic mass is 9.99. The van der Waals surface area contributed by atoms with Gasteiger partial charge in [-0.1, -0.05) is 96.3 Å². The molecule has 0 bridgehead atoms. The molecule has 7 heteroatoms. The Labute approximate surface area is 230 Å². The number of aliphatic hydroxyl groups is 3. The highest BCUT2D eigenvalue weighted by atomic mass is 31.2. The fourth-order valence-corrected chi connectivity index (χ4v) is 2.90. The summed E-state index contributed by atoms with van der Waals surface area (Å²) < 4.78 is 0. The highest BCUT2D eigenvalue weighted by Crippen LogP contribution is 2.15. The third kappa shape index (κ3) is 45.2. The smallest absolute Gasteiger partial charge is 0.324 e. The molecule has 0 aromatic heterocycles. The summed E-state index contributed by atoms with van der Waals surface area (Å²) in [7, 11) is -2.62. The quantitative estimate of drug-likeness (QED) is 0.0828. The summed E-state index contributed by atoms with van der Waals surface area (Å²) in [6.45, 7) is 11.6. The minimum atomic E-state index is -2.62. The Morgan fingerprint density at radius 2 is 0.676 bits per heavy atom. The van der Waals surface area contributed by atoms with Crippen LogP contribution in [0.4, 0.5) is 0 Å². The minimum Gasteiger partial charge on any atom is -0.378 e. The van der Waals surface area contributed by atoms with Crippen LogP contribution in [0.5, 0.6) is 0 Å². The van der Waals surface area contributed by atoms with Crippen LogP contribution in [0.1, 0.15) is 138 Å². The van der Waals surface area contributed by atoms with Gasteiger partial charge in [0.25, 0.3) is 0 Å². The molecule has 218 valence electrons. The van der Waals surface area contributed by atoms with Crippen LogP contribution in [0, 0.1) is 37.0 Å². The summed E-state index contributed by atoms with van der Waals surface area (Å²) in [4.78, 5) is 21.7. The van der Waals surface area contributed by atoms with Crippen LogP contribution < -0.4 is 0 Å². The lowest BCUT2D eigenvalue weighted by Gasteiger charge is -2.14. The Hall–Kier alpha value is -1.13. The molecule has 0 heterocycles. The van der Waals surface area contributed by atoms with Crippen LogP contribution in [-0.4, -0.2) is 46.8 Å². The van der Waals surface area contributed by atoms with E-state index in [2.05, 4.69) is 38.5 Å². The molecule has 3 atom stereocenters. The first-order chi connectivity index (χ1) is 17.1. The van der Waals surface area contributed by atoms with Gasteiger partial charge in [-0.05, 0) is 59.3 Å². The van der Waals surface area contributed by atoms with Crippen molar-refractivity contribution in [1.29, 1.82) is 0 Å². The monoisotopic (exact) mass is 544 g/mol. The number of unbranched alkanes of at least 4 members (excludes halogenated alkanes) is 9. The third-order valence-electron chi connectivity index (χ3n) is 5.48. The van der Waals surface area contributed by atoms with E-state index in [1.807, 2.05) is 0 Å². The lowest BCUT2D eigenvalue weighted by Crippen LogP contribution is -2.20. The first-order valence-corrected chi connectivity index (χ1v) is 14.8. The van der Waals surface area contributed by atoms with Crippen molar-refractivity contribution in [2.24, 2.45) is 0 Å². The molecule has 0 aliphatic heterocycles. The van der Waals surface area contributed by atoms with Crippen molar-refractivity contribution in [3.05, 3.63) is 0 Å². The normalized spacial score (nSPS) is 14.8. The van der Waals surface area contributed by atoms with E-state index in [4.69, 9.17) is 34.0 Å². The van der Waals surface area contributed by atoms with Crippen LogP contribution in [0.2, 0.25) is 0 Å². The molecule has 0 aromatic rings. The standard InChI is InChI=1S/3C10H18O.H3O3P/c3*1-4-6-7-8-9-10(3,11)5-2;1-4(2)3/h3*2,11H,4,6-9H2,1,3H3;1-3H. The molecule has 37 heavy (non-hydrogen) atoms. The van der Waals surface area contributed by atoms with Crippen LogP contribution in [0.3, 0.4) is 0 Å². The van der Waals surface area contributed by atoms with Crippen molar-refractivity contribution in [3.8, 4) is 37.0 Å². The highest BCUT2D eigenvalue weighted by molar-refractivity contribution is 7.38. The van der Waals surface area contributed by atoms with Crippen LogP contribution in [-0.2, 0) is 0 Å². The molecular formula is C30H57O6P. The maximum Gasteiger partial charge on any atom is 0.324 e. The molecule has 0 fully saturated rings. The van der Waals surface area contributed by atoms with Crippen LogP contribution in [0.15, 0.2) is 0 Å². The maximum atomic E-state index is 9.39. The van der Waals surface area contributed by atoms with E-state index in [0.717, 1.165) is 38.5 Å². The van der Waals surface area contributed by atoms with E-state index in [0.29, 0.717) is 0 Å². The Morgan fingerprint density at radius 1 is 0.486 bits per heavy atom. The Balaban J connectivity index is -0.000000205. The summed E-state index contributed by atoms with van der Waals surface area (Å²) in [5.74, 6) is 7.12. The second kappa shape index (κ2) is 27.9. The van der Waals surface area contributed by atoms with Gasteiger partial charge in [-0.15, -0.1) is 19.3 Å². The molecule has 0 amide bonds. The van der Waals surface area contributed by atoms with Crippen molar-refractivity contribution in [2.75, 3.05) is 0 Å². The maximum absolute atomic E-state index is 9.39. The zero-order valence-electron chi connectivity index (χ0n) is 24.5. The third-order valence-corrected chi connectivity index (χ3v) is 5.48. The lowest BCUT2D eigenvalue weighted by molar-refractivity contribution is 0.108. The average molecular weight is 545 g/mol. The van der Waals surface area contributed by atoms with Crippen molar-refractivity contribution >= 4 is 8.60 Å². The number of rotatable bonds is 15. The predicted molar refractivity (Wildman–Crippen MR) is 158 cm³/mol.